The van der Waals surface area contributed by atoms with Gasteiger partial charge >= 0.3 is 5.97 Å². The van der Waals surface area contributed by atoms with Gasteiger partial charge in [-0.2, -0.15) is 0 Å². The van der Waals surface area contributed by atoms with Crippen molar-refractivity contribution < 1.29 is 19.0 Å². The minimum atomic E-state index is -0.125. The zero-order valence-corrected chi connectivity index (χ0v) is 9.80. The third kappa shape index (κ3) is 1.55. The van der Waals surface area contributed by atoms with Crippen LogP contribution in [0.5, 0.6) is 11.5 Å². The Morgan fingerprint density at radius 2 is 2.12 bits per heavy atom. The molecule has 1 aliphatic carbocycles. The smallest absolute Gasteiger partial charge is 0.309 e. The second kappa shape index (κ2) is 3.65. The number of carbonyl (C=O) groups is 1. The lowest BCUT2D eigenvalue weighted by Crippen LogP contribution is -2.04. The number of benzene rings is 1. The highest BCUT2D eigenvalue weighted by Crippen LogP contribution is 2.55. The molecule has 17 heavy (non-hydrogen) atoms. The predicted molar refractivity (Wildman–Crippen MR) is 60.0 cm³/mol. The van der Waals surface area contributed by atoms with Crippen molar-refractivity contribution in [2.75, 3.05) is 13.9 Å². The largest absolute Gasteiger partial charge is 0.469 e. The van der Waals surface area contributed by atoms with E-state index in [1.807, 2.05) is 18.2 Å². The molecule has 3 atom stereocenters. The van der Waals surface area contributed by atoms with Crippen LogP contribution in [0.4, 0.5) is 0 Å². The van der Waals surface area contributed by atoms with Gasteiger partial charge < -0.3 is 14.2 Å². The summed E-state index contributed by atoms with van der Waals surface area (Å²) in [4.78, 5) is 11.5. The van der Waals surface area contributed by atoms with E-state index in [1.54, 1.807) is 0 Å². The number of ether oxygens (including phenoxy) is 3. The average Bonchev–Trinajstić information content (AvgIpc) is 2.81. The Morgan fingerprint density at radius 3 is 2.88 bits per heavy atom. The molecule has 0 bridgehead atoms. The number of esters is 1. The maximum atomic E-state index is 11.5. The molecule has 0 saturated heterocycles. The molecule has 0 N–H and O–H groups in total. The Kier molecular flexibility index (Phi) is 2.24. The van der Waals surface area contributed by atoms with Crippen molar-refractivity contribution in [3.63, 3.8) is 0 Å². The molecule has 1 heterocycles. The summed E-state index contributed by atoms with van der Waals surface area (Å²) < 4.78 is 15.4. The molecule has 0 radical (unpaired) electrons. The first-order valence-electron chi connectivity index (χ1n) is 5.69. The van der Waals surface area contributed by atoms with Crippen molar-refractivity contribution >= 4 is 5.97 Å². The van der Waals surface area contributed by atoms with Gasteiger partial charge in [-0.1, -0.05) is 13.0 Å². The second-order valence-electron chi connectivity index (χ2n) is 4.55. The summed E-state index contributed by atoms with van der Waals surface area (Å²) in [6, 6.07) is 5.86. The Labute approximate surface area is 99.5 Å². The van der Waals surface area contributed by atoms with Gasteiger partial charge in [-0.05, 0) is 23.6 Å². The summed E-state index contributed by atoms with van der Waals surface area (Å²) in [5.74, 6) is 1.99. The summed E-state index contributed by atoms with van der Waals surface area (Å²) in [7, 11) is 1.43. The van der Waals surface area contributed by atoms with Crippen LogP contribution in [-0.4, -0.2) is 19.9 Å². The maximum absolute atomic E-state index is 11.5. The summed E-state index contributed by atoms with van der Waals surface area (Å²) in [6.45, 7) is 2.34. The molecule has 2 aliphatic rings. The molecule has 1 aromatic rings. The standard InChI is InChI=1S/C13H14O4/c1-7-11(12(7)13(14)15-2)8-3-4-9-10(5-8)17-6-16-9/h3-5,7,11-12H,6H2,1-2H3/t7-,11+,12-/m1/s1. The van der Waals surface area contributed by atoms with Crippen LogP contribution in [0, 0.1) is 11.8 Å². The number of methoxy groups -OCH3 is 1. The van der Waals surface area contributed by atoms with E-state index in [0.29, 0.717) is 5.92 Å². The first kappa shape index (κ1) is 10.4. The summed E-state index contributed by atoms with van der Waals surface area (Å²) in [6.07, 6.45) is 0. The zero-order chi connectivity index (χ0) is 12.0. The molecule has 1 aromatic carbocycles. The fourth-order valence-electron chi connectivity index (χ4n) is 2.59. The number of hydrogen-bond donors (Lipinski definition) is 0. The summed E-state index contributed by atoms with van der Waals surface area (Å²) in [5, 5.41) is 0. The molecular weight excluding hydrogens is 220 g/mol. The van der Waals surface area contributed by atoms with Crippen LogP contribution in [0.2, 0.25) is 0 Å². The van der Waals surface area contributed by atoms with Gasteiger partial charge in [0.15, 0.2) is 11.5 Å². The molecule has 0 amide bonds. The molecule has 90 valence electrons. The van der Waals surface area contributed by atoms with E-state index in [1.165, 1.54) is 7.11 Å². The summed E-state index contributed by atoms with van der Waals surface area (Å²) >= 11 is 0. The fourth-order valence-corrected chi connectivity index (χ4v) is 2.59. The lowest BCUT2D eigenvalue weighted by molar-refractivity contribution is -0.142. The highest BCUT2D eigenvalue weighted by atomic mass is 16.7. The van der Waals surface area contributed by atoms with Crippen LogP contribution in [0.15, 0.2) is 18.2 Å². The highest BCUT2D eigenvalue weighted by molar-refractivity contribution is 5.78. The van der Waals surface area contributed by atoms with E-state index >= 15 is 0 Å². The molecule has 0 unspecified atom stereocenters. The van der Waals surface area contributed by atoms with Gasteiger partial charge in [-0.15, -0.1) is 0 Å². The Hall–Kier alpha value is -1.71. The van der Waals surface area contributed by atoms with E-state index in [2.05, 4.69) is 6.92 Å². The SMILES string of the molecule is COC(=O)[C@@H]1[C@H](C)[C@H]1c1ccc2c(c1)OCO2. The maximum Gasteiger partial charge on any atom is 0.309 e. The van der Waals surface area contributed by atoms with Gasteiger partial charge in [0.25, 0.3) is 0 Å². The van der Waals surface area contributed by atoms with E-state index in [-0.39, 0.29) is 24.6 Å². The van der Waals surface area contributed by atoms with Crippen molar-refractivity contribution in [1.29, 1.82) is 0 Å². The third-order valence-electron chi connectivity index (χ3n) is 3.63. The molecule has 4 heteroatoms. The van der Waals surface area contributed by atoms with Crippen molar-refractivity contribution in [3.8, 4) is 11.5 Å². The Bertz CT molecular complexity index is 468. The molecule has 0 spiro atoms. The lowest BCUT2D eigenvalue weighted by Gasteiger charge is -2.02. The van der Waals surface area contributed by atoms with Crippen molar-refractivity contribution in [3.05, 3.63) is 23.8 Å². The monoisotopic (exact) mass is 234 g/mol. The molecule has 1 aliphatic heterocycles. The fraction of sp³-hybridized carbons (Fsp3) is 0.462. The van der Waals surface area contributed by atoms with Gasteiger partial charge in [-0.3, -0.25) is 4.79 Å². The second-order valence-corrected chi connectivity index (χ2v) is 4.55. The van der Waals surface area contributed by atoms with Gasteiger partial charge in [0.2, 0.25) is 6.79 Å². The topological polar surface area (TPSA) is 44.8 Å². The highest BCUT2D eigenvalue weighted by Gasteiger charge is 2.53. The lowest BCUT2D eigenvalue weighted by atomic mass is 10.1. The van der Waals surface area contributed by atoms with Crippen molar-refractivity contribution in [2.24, 2.45) is 11.8 Å². The Morgan fingerprint density at radius 1 is 1.35 bits per heavy atom. The van der Waals surface area contributed by atoms with Crippen LogP contribution in [0.1, 0.15) is 18.4 Å². The first-order valence-corrected chi connectivity index (χ1v) is 5.69. The van der Waals surface area contributed by atoms with Gasteiger partial charge in [0, 0.05) is 5.92 Å². The van der Waals surface area contributed by atoms with Crippen molar-refractivity contribution in [1.82, 2.24) is 0 Å². The van der Waals surface area contributed by atoms with E-state index < -0.39 is 0 Å². The molecular formula is C13H14O4. The zero-order valence-electron chi connectivity index (χ0n) is 9.80. The number of carbonyl (C=O) groups excluding carboxylic acids is 1. The first-order chi connectivity index (χ1) is 8.22. The summed E-state index contributed by atoms with van der Waals surface area (Å²) in [5.41, 5.74) is 1.12. The number of rotatable bonds is 2. The molecule has 1 fully saturated rings. The van der Waals surface area contributed by atoms with Crippen molar-refractivity contribution in [2.45, 2.75) is 12.8 Å². The molecule has 0 aromatic heterocycles. The van der Waals surface area contributed by atoms with Crippen LogP contribution in [0.3, 0.4) is 0 Å². The minimum absolute atomic E-state index is 0.0135. The molecule has 3 rings (SSSR count). The minimum Gasteiger partial charge on any atom is -0.469 e. The van der Waals surface area contributed by atoms with Crippen LogP contribution in [-0.2, 0) is 9.53 Å². The predicted octanol–water partition coefficient (Wildman–Crippen LogP) is 1.94. The average molecular weight is 234 g/mol. The third-order valence-corrected chi connectivity index (χ3v) is 3.63. The number of fused-ring (bicyclic) bond motifs is 1. The van der Waals surface area contributed by atoms with E-state index in [0.717, 1.165) is 17.1 Å². The van der Waals surface area contributed by atoms with Gasteiger partial charge in [0.05, 0.1) is 13.0 Å². The quantitative estimate of drug-likeness (QED) is 0.733. The Balaban J connectivity index is 1.84. The van der Waals surface area contributed by atoms with Crippen LogP contribution >= 0.6 is 0 Å². The van der Waals surface area contributed by atoms with E-state index in [9.17, 15) is 4.79 Å². The van der Waals surface area contributed by atoms with Gasteiger partial charge in [0.1, 0.15) is 0 Å². The molecule has 1 saturated carbocycles. The van der Waals surface area contributed by atoms with Gasteiger partial charge in [-0.25, -0.2) is 0 Å². The normalized spacial score (nSPS) is 28.9. The van der Waals surface area contributed by atoms with Crippen LogP contribution < -0.4 is 9.47 Å². The number of hydrogen-bond acceptors (Lipinski definition) is 4. The molecule has 4 nitrogen and oxygen atoms in total. The van der Waals surface area contributed by atoms with E-state index in [4.69, 9.17) is 14.2 Å². The van der Waals surface area contributed by atoms with Crippen LogP contribution in [0.25, 0.3) is 0 Å².